The second kappa shape index (κ2) is 6.90. The molecule has 6 nitrogen and oxygen atoms in total. The molecule has 21 heavy (non-hydrogen) atoms. The Morgan fingerprint density at radius 3 is 2.95 bits per heavy atom. The van der Waals surface area contributed by atoms with E-state index < -0.39 is 0 Å². The van der Waals surface area contributed by atoms with Gasteiger partial charge in [-0.05, 0) is 6.07 Å². The van der Waals surface area contributed by atoms with Gasteiger partial charge in [0.1, 0.15) is 0 Å². The normalized spacial score (nSPS) is 10.6. The number of amides is 1. The van der Waals surface area contributed by atoms with E-state index in [1.54, 1.807) is 13.3 Å². The molecule has 6 heteroatoms. The van der Waals surface area contributed by atoms with Crippen LogP contribution in [0.25, 0.3) is 10.9 Å². The molecule has 0 unspecified atom stereocenters. The van der Waals surface area contributed by atoms with Crippen LogP contribution in [0, 0.1) is 0 Å². The van der Waals surface area contributed by atoms with Gasteiger partial charge in [-0.2, -0.15) is 0 Å². The van der Waals surface area contributed by atoms with Gasteiger partial charge in [-0.3, -0.25) is 9.78 Å². The van der Waals surface area contributed by atoms with E-state index in [-0.39, 0.29) is 12.5 Å². The SMILES string of the molecule is COCCNC(=O)CN(C)c1c(N)cnc2ccccc12. The number of hydrogen-bond donors (Lipinski definition) is 2. The summed E-state index contributed by atoms with van der Waals surface area (Å²) in [7, 11) is 3.44. The molecule has 0 radical (unpaired) electrons. The molecular formula is C15H20N4O2. The number of ether oxygens (including phenoxy) is 1. The summed E-state index contributed by atoms with van der Waals surface area (Å²) in [6.07, 6.45) is 1.62. The van der Waals surface area contributed by atoms with Crippen molar-refractivity contribution in [2.75, 3.05) is 44.5 Å². The zero-order valence-electron chi connectivity index (χ0n) is 12.3. The predicted octanol–water partition coefficient (Wildman–Crippen LogP) is 1.02. The highest BCUT2D eigenvalue weighted by Crippen LogP contribution is 2.30. The van der Waals surface area contributed by atoms with Gasteiger partial charge in [0.25, 0.3) is 0 Å². The molecule has 0 saturated carbocycles. The zero-order valence-corrected chi connectivity index (χ0v) is 12.3. The van der Waals surface area contributed by atoms with Gasteiger partial charge in [0, 0.05) is 26.1 Å². The molecule has 112 valence electrons. The fraction of sp³-hybridized carbons (Fsp3) is 0.333. The highest BCUT2D eigenvalue weighted by atomic mass is 16.5. The van der Waals surface area contributed by atoms with Gasteiger partial charge in [-0.1, -0.05) is 18.2 Å². The number of aromatic nitrogens is 1. The lowest BCUT2D eigenvalue weighted by molar-refractivity contribution is -0.119. The molecule has 0 atom stereocenters. The number of likely N-dealkylation sites (N-methyl/N-ethyl adjacent to an activating group) is 1. The van der Waals surface area contributed by atoms with Crippen LogP contribution in [0.15, 0.2) is 30.5 Å². The van der Waals surface area contributed by atoms with Crippen LogP contribution in [0.1, 0.15) is 0 Å². The maximum absolute atomic E-state index is 11.9. The molecule has 0 aliphatic heterocycles. The lowest BCUT2D eigenvalue weighted by atomic mass is 10.1. The number of rotatable bonds is 6. The Labute approximate surface area is 123 Å². The molecule has 3 N–H and O–H groups in total. The number of nitrogens with zero attached hydrogens (tertiary/aromatic N) is 2. The van der Waals surface area contributed by atoms with Crippen LogP contribution < -0.4 is 16.0 Å². The van der Waals surface area contributed by atoms with Crippen molar-refractivity contribution in [3.63, 3.8) is 0 Å². The van der Waals surface area contributed by atoms with Crippen molar-refractivity contribution >= 4 is 28.2 Å². The smallest absolute Gasteiger partial charge is 0.239 e. The summed E-state index contributed by atoms with van der Waals surface area (Å²) in [6, 6.07) is 7.73. The molecule has 1 amide bonds. The summed E-state index contributed by atoms with van der Waals surface area (Å²) in [4.78, 5) is 18.0. The standard InChI is InChI=1S/C15H20N4O2/c1-19(10-14(20)17-7-8-21-2)15-11-5-3-4-6-13(11)18-9-12(15)16/h3-6,9H,7-8,10,16H2,1-2H3,(H,17,20). The number of carbonyl (C=O) groups excluding carboxylic acids is 1. The Bertz CT molecular complexity index is 630. The number of nitrogens with one attached hydrogen (secondary N) is 1. The summed E-state index contributed by atoms with van der Waals surface area (Å²) in [5.41, 5.74) is 8.26. The third-order valence-electron chi connectivity index (χ3n) is 3.17. The summed E-state index contributed by atoms with van der Waals surface area (Å²) in [5.74, 6) is -0.0742. The maximum atomic E-state index is 11.9. The Morgan fingerprint density at radius 2 is 2.19 bits per heavy atom. The van der Waals surface area contributed by atoms with E-state index in [1.165, 1.54) is 0 Å². The number of para-hydroxylation sites is 1. The molecule has 2 rings (SSSR count). The van der Waals surface area contributed by atoms with Crippen molar-refractivity contribution in [3.05, 3.63) is 30.5 Å². The minimum Gasteiger partial charge on any atom is -0.396 e. The topological polar surface area (TPSA) is 80.5 Å². The molecule has 2 aromatic rings. The van der Waals surface area contributed by atoms with Crippen LogP contribution in [0.4, 0.5) is 11.4 Å². The van der Waals surface area contributed by atoms with E-state index in [9.17, 15) is 4.79 Å². The quantitative estimate of drug-likeness (QED) is 0.776. The predicted molar refractivity (Wildman–Crippen MR) is 84.3 cm³/mol. The van der Waals surface area contributed by atoms with Gasteiger partial charge in [-0.25, -0.2) is 0 Å². The van der Waals surface area contributed by atoms with E-state index in [4.69, 9.17) is 10.5 Å². The Balaban J connectivity index is 2.17. The van der Waals surface area contributed by atoms with Crippen LogP contribution >= 0.6 is 0 Å². The third-order valence-corrected chi connectivity index (χ3v) is 3.17. The molecule has 1 aromatic carbocycles. The number of nitrogens with two attached hydrogens (primary N) is 1. The third kappa shape index (κ3) is 3.61. The summed E-state index contributed by atoms with van der Waals surface area (Å²) < 4.78 is 4.90. The number of fused-ring (bicyclic) bond motifs is 1. The second-order valence-corrected chi connectivity index (χ2v) is 4.78. The summed E-state index contributed by atoms with van der Waals surface area (Å²) >= 11 is 0. The second-order valence-electron chi connectivity index (χ2n) is 4.78. The lowest BCUT2D eigenvalue weighted by Crippen LogP contribution is -2.37. The van der Waals surface area contributed by atoms with E-state index in [0.29, 0.717) is 18.8 Å². The van der Waals surface area contributed by atoms with Crippen molar-refractivity contribution in [3.8, 4) is 0 Å². The molecule has 0 bridgehead atoms. The van der Waals surface area contributed by atoms with Crippen LogP contribution in [0.5, 0.6) is 0 Å². The molecule has 0 saturated heterocycles. The van der Waals surface area contributed by atoms with E-state index in [1.807, 2.05) is 36.2 Å². The first kappa shape index (κ1) is 15.1. The largest absolute Gasteiger partial charge is 0.396 e. The van der Waals surface area contributed by atoms with Gasteiger partial charge in [0.15, 0.2) is 0 Å². The minimum atomic E-state index is -0.0742. The average Bonchev–Trinajstić information content (AvgIpc) is 2.47. The number of benzene rings is 1. The maximum Gasteiger partial charge on any atom is 0.239 e. The first-order valence-electron chi connectivity index (χ1n) is 6.73. The molecular weight excluding hydrogens is 268 g/mol. The molecule has 0 fully saturated rings. The highest BCUT2D eigenvalue weighted by Gasteiger charge is 2.13. The van der Waals surface area contributed by atoms with Gasteiger partial charge in [0.2, 0.25) is 5.91 Å². The van der Waals surface area contributed by atoms with Crippen LogP contribution in [0.3, 0.4) is 0 Å². The molecule has 0 spiro atoms. The van der Waals surface area contributed by atoms with E-state index >= 15 is 0 Å². The fourth-order valence-corrected chi connectivity index (χ4v) is 2.21. The van der Waals surface area contributed by atoms with Crippen molar-refractivity contribution in [1.29, 1.82) is 0 Å². The highest BCUT2D eigenvalue weighted by molar-refractivity contribution is 5.98. The van der Waals surface area contributed by atoms with Crippen LogP contribution in [-0.2, 0) is 9.53 Å². The fourth-order valence-electron chi connectivity index (χ4n) is 2.21. The van der Waals surface area contributed by atoms with Gasteiger partial charge in [-0.15, -0.1) is 0 Å². The Kier molecular flexibility index (Phi) is 4.94. The van der Waals surface area contributed by atoms with Crippen molar-refractivity contribution in [1.82, 2.24) is 10.3 Å². The first-order valence-corrected chi connectivity index (χ1v) is 6.73. The summed E-state index contributed by atoms with van der Waals surface area (Å²) in [6.45, 7) is 1.22. The number of methoxy groups -OCH3 is 1. The first-order chi connectivity index (χ1) is 10.1. The average molecular weight is 288 g/mol. The van der Waals surface area contributed by atoms with E-state index in [0.717, 1.165) is 16.6 Å². The number of pyridine rings is 1. The van der Waals surface area contributed by atoms with Crippen molar-refractivity contribution in [2.45, 2.75) is 0 Å². The van der Waals surface area contributed by atoms with Crippen molar-refractivity contribution < 1.29 is 9.53 Å². The van der Waals surface area contributed by atoms with Gasteiger partial charge >= 0.3 is 0 Å². The van der Waals surface area contributed by atoms with Gasteiger partial charge in [0.05, 0.1) is 36.2 Å². The lowest BCUT2D eigenvalue weighted by Gasteiger charge is -2.22. The molecule has 0 aliphatic carbocycles. The Hall–Kier alpha value is -2.34. The van der Waals surface area contributed by atoms with Crippen molar-refractivity contribution in [2.24, 2.45) is 0 Å². The van der Waals surface area contributed by atoms with E-state index in [2.05, 4.69) is 10.3 Å². The van der Waals surface area contributed by atoms with Crippen LogP contribution in [-0.4, -0.2) is 44.7 Å². The minimum absolute atomic E-state index is 0.0742. The van der Waals surface area contributed by atoms with Crippen LogP contribution in [0.2, 0.25) is 0 Å². The number of anilines is 2. The monoisotopic (exact) mass is 288 g/mol. The summed E-state index contributed by atoms with van der Waals surface area (Å²) in [5, 5.41) is 3.72. The number of hydrogen-bond acceptors (Lipinski definition) is 5. The Morgan fingerprint density at radius 1 is 1.43 bits per heavy atom. The molecule has 1 aromatic heterocycles. The number of carbonyl (C=O) groups is 1. The number of nitrogen functional groups attached to an aromatic ring is 1. The zero-order chi connectivity index (χ0) is 15.2. The molecule has 1 heterocycles. The molecule has 0 aliphatic rings. The van der Waals surface area contributed by atoms with Gasteiger partial charge < -0.3 is 20.7 Å².